The van der Waals surface area contributed by atoms with Crippen LogP contribution in [0.3, 0.4) is 0 Å². The number of nitrogens with zero attached hydrogens (tertiary/aromatic N) is 1. The lowest BCUT2D eigenvalue weighted by Gasteiger charge is -2.30. The minimum absolute atomic E-state index is 0.0879. The molecule has 0 radical (unpaired) electrons. The Kier molecular flexibility index (Phi) is 5.16. The van der Waals surface area contributed by atoms with Crippen LogP contribution in [-0.4, -0.2) is 27.1 Å². The van der Waals surface area contributed by atoms with E-state index in [0.717, 1.165) is 17.3 Å². The highest BCUT2D eigenvalue weighted by molar-refractivity contribution is 9.09. The fourth-order valence-electron chi connectivity index (χ4n) is 1.98. The van der Waals surface area contributed by atoms with Crippen molar-refractivity contribution in [3.63, 3.8) is 0 Å². The van der Waals surface area contributed by atoms with Crippen LogP contribution in [0.4, 0.5) is 0 Å². The average molecular weight is 400 g/mol. The Hall–Kier alpha value is -0.940. The quantitative estimate of drug-likeness (QED) is 0.774. The zero-order valence-corrected chi connectivity index (χ0v) is 14.4. The smallest absolute Gasteiger partial charge is 0.253 e. The predicted molar refractivity (Wildman–Crippen MR) is 89.8 cm³/mol. The lowest BCUT2D eigenvalue weighted by molar-refractivity contribution is 0.0917. The molecule has 0 bridgehead atoms. The molecule has 0 aliphatic heterocycles. The van der Waals surface area contributed by atoms with Crippen LogP contribution in [0.2, 0.25) is 0 Å². The van der Waals surface area contributed by atoms with Crippen LogP contribution >= 0.6 is 31.9 Å². The average Bonchev–Trinajstić information content (AvgIpc) is 2.52. The highest BCUT2D eigenvalue weighted by Gasteiger charge is 2.28. The number of hydrogen-bond acceptors (Lipinski definition) is 2. The van der Waals surface area contributed by atoms with Gasteiger partial charge in [-0.25, -0.2) is 0 Å². The number of carbonyl (C=O) groups is 1. The molecule has 0 spiro atoms. The first-order valence-electron chi connectivity index (χ1n) is 6.44. The zero-order chi connectivity index (χ0) is 14.6. The predicted octanol–water partition coefficient (Wildman–Crippen LogP) is 3.90. The normalized spacial score (nSPS) is 11.6. The lowest BCUT2D eigenvalue weighted by Crippen LogP contribution is -2.51. The Bertz CT molecular complexity index is 598. The van der Waals surface area contributed by atoms with Gasteiger partial charge in [0.25, 0.3) is 5.91 Å². The van der Waals surface area contributed by atoms with E-state index in [1.807, 2.05) is 30.3 Å². The summed E-state index contributed by atoms with van der Waals surface area (Å²) in [5.41, 5.74) is 1.07. The summed E-state index contributed by atoms with van der Waals surface area (Å²) in [6.07, 6.45) is 2.55. The van der Waals surface area contributed by atoms with E-state index >= 15 is 0 Å². The van der Waals surface area contributed by atoms with Crippen LogP contribution in [0.25, 0.3) is 10.9 Å². The van der Waals surface area contributed by atoms with Gasteiger partial charge in [-0.15, -0.1) is 0 Å². The first-order chi connectivity index (χ1) is 9.65. The second kappa shape index (κ2) is 6.68. The standard InChI is InChI=1S/C15H16Br2N2O/c1-2-15(9-16,10-17)19-14(20)12-7-3-5-11-6-4-8-18-13(11)12/h3-8H,2,9-10H2,1H3,(H,19,20). The number of nitrogens with one attached hydrogen (secondary N) is 1. The number of pyridine rings is 1. The Morgan fingerprint density at radius 2 is 1.95 bits per heavy atom. The molecule has 0 fully saturated rings. The van der Waals surface area contributed by atoms with E-state index in [9.17, 15) is 4.79 Å². The monoisotopic (exact) mass is 398 g/mol. The summed E-state index contributed by atoms with van der Waals surface area (Å²) in [5.74, 6) is -0.0879. The first-order valence-corrected chi connectivity index (χ1v) is 8.68. The molecule has 1 aromatic heterocycles. The van der Waals surface area contributed by atoms with Crippen LogP contribution in [-0.2, 0) is 0 Å². The molecule has 0 atom stereocenters. The Morgan fingerprint density at radius 1 is 1.25 bits per heavy atom. The van der Waals surface area contributed by atoms with E-state index in [2.05, 4.69) is 49.1 Å². The molecule has 0 unspecified atom stereocenters. The SMILES string of the molecule is CCC(CBr)(CBr)NC(=O)c1cccc2cccnc12. The highest BCUT2D eigenvalue weighted by Crippen LogP contribution is 2.20. The maximum Gasteiger partial charge on any atom is 0.253 e. The fraction of sp³-hybridized carbons (Fsp3) is 0.333. The molecule has 0 saturated heterocycles. The molecule has 0 aliphatic carbocycles. The van der Waals surface area contributed by atoms with Crippen LogP contribution in [0.15, 0.2) is 36.5 Å². The fourth-order valence-corrected chi connectivity index (χ4v) is 3.98. The van der Waals surface area contributed by atoms with E-state index in [0.29, 0.717) is 16.2 Å². The van der Waals surface area contributed by atoms with Crippen LogP contribution < -0.4 is 5.32 Å². The summed E-state index contributed by atoms with van der Waals surface area (Å²) in [6.45, 7) is 2.06. The molecule has 1 aromatic carbocycles. The summed E-state index contributed by atoms with van der Waals surface area (Å²) in [5, 5.41) is 5.49. The molecule has 20 heavy (non-hydrogen) atoms. The van der Waals surface area contributed by atoms with Gasteiger partial charge in [-0.05, 0) is 18.6 Å². The summed E-state index contributed by atoms with van der Waals surface area (Å²) < 4.78 is 0. The van der Waals surface area contributed by atoms with E-state index < -0.39 is 0 Å². The lowest BCUT2D eigenvalue weighted by atomic mass is 10.0. The third-order valence-corrected chi connectivity index (χ3v) is 5.59. The van der Waals surface area contributed by atoms with Crippen LogP contribution in [0.5, 0.6) is 0 Å². The van der Waals surface area contributed by atoms with Crippen molar-refractivity contribution in [2.75, 3.05) is 10.7 Å². The Labute approximate surface area is 135 Å². The molecule has 0 saturated carbocycles. The maximum atomic E-state index is 12.6. The number of carbonyl (C=O) groups excluding carboxylic acids is 1. The van der Waals surface area contributed by atoms with E-state index in [-0.39, 0.29) is 11.4 Å². The van der Waals surface area contributed by atoms with Crippen molar-refractivity contribution in [1.82, 2.24) is 10.3 Å². The molecular weight excluding hydrogens is 384 g/mol. The van der Waals surface area contributed by atoms with Gasteiger partial charge in [0, 0.05) is 22.2 Å². The van der Waals surface area contributed by atoms with Gasteiger partial charge in [0.05, 0.1) is 16.6 Å². The third-order valence-electron chi connectivity index (χ3n) is 3.44. The second-order valence-electron chi connectivity index (χ2n) is 4.74. The number of rotatable bonds is 5. The first kappa shape index (κ1) is 15.4. The van der Waals surface area contributed by atoms with Crippen molar-refractivity contribution in [2.45, 2.75) is 18.9 Å². The summed E-state index contributed by atoms with van der Waals surface area (Å²) >= 11 is 6.97. The van der Waals surface area contributed by atoms with Gasteiger partial charge < -0.3 is 5.32 Å². The largest absolute Gasteiger partial charge is 0.345 e. The van der Waals surface area contributed by atoms with Gasteiger partial charge in [-0.2, -0.15) is 0 Å². The topological polar surface area (TPSA) is 42.0 Å². The highest BCUT2D eigenvalue weighted by atomic mass is 79.9. The van der Waals surface area contributed by atoms with Gasteiger partial charge in [-0.1, -0.05) is 57.0 Å². The summed E-state index contributed by atoms with van der Waals surface area (Å²) in [6, 6.07) is 9.49. The van der Waals surface area contributed by atoms with Gasteiger partial charge in [-0.3, -0.25) is 9.78 Å². The molecule has 106 valence electrons. The van der Waals surface area contributed by atoms with Crippen LogP contribution in [0, 0.1) is 0 Å². The van der Waals surface area contributed by atoms with Gasteiger partial charge >= 0.3 is 0 Å². The maximum absolute atomic E-state index is 12.6. The number of benzene rings is 1. The third kappa shape index (κ3) is 3.04. The van der Waals surface area contributed by atoms with Crippen LogP contribution in [0.1, 0.15) is 23.7 Å². The van der Waals surface area contributed by atoms with Crippen molar-refractivity contribution >= 4 is 48.7 Å². The van der Waals surface area contributed by atoms with Gasteiger partial charge in [0.1, 0.15) is 0 Å². The Balaban J connectivity index is 2.37. The van der Waals surface area contributed by atoms with Crippen molar-refractivity contribution in [1.29, 1.82) is 0 Å². The van der Waals surface area contributed by atoms with Crippen molar-refractivity contribution in [3.8, 4) is 0 Å². The van der Waals surface area contributed by atoms with E-state index in [1.165, 1.54) is 0 Å². The minimum atomic E-state index is -0.284. The second-order valence-corrected chi connectivity index (χ2v) is 5.86. The van der Waals surface area contributed by atoms with Crippen molar-refractivity contribution in [3.05, 3.63) is 42.1 Å². The molecule has 3 nitrogen and oxygen atoms in total. The summed E-state index contributed by atoms with van der Waals surface area (Å²) in [4.78, 5) is 16.9. The number of para-hydroxylation sites is 1. The van der Waals surface area contributed by atoms with E-state index in [4.69, 9.17) is 0 Å². The number of aromatic nitrogens is 1. The van der Waals surface area contributed by atoms with Gasteiger partial charge in [0.2, 0.25) is 0 Å². The minimum Gasteiger partial charge on any atom is -0.345 e. The number of hydrogen-bond donors (Lipinski definition) is 1. The number of alkyl halides is 2. The molecule has 2 aromatic rings. The van der Waals surface area contributed by atoms with Crippen molar-refractivity contribution in [2.24, 2.45) is 0 Å². The zero-order valence-electron chi connectivity index (χ0n) is 11.2. The molecule has 1 amide bonds. The van der Waals surface area contributed by atoms with Gasteiger partial charge in [0.15, 0.2) is 0 Å². The van der Waals surface area contributed by atoms with Crippen molar-refractivity contribution < 1.29 is 4.79 Å². The van der Waals surface area contributed by atoms with E-state index in [1.54, 1.807) is 6.20 Å². The molecular formula is C15H16Br2N2O. The molecule has 5 heteroatoms. The summed E-state index contributed by atoms with van der Waals surface area (Å²) in [7, 11) is 0. The number of amides is 1. The molecule has 2 rings (SSSR count). The molecule has 1 heterocycles. The Morgan fingerprint density at radius 3 is 2.60 bits per heavy atom. The number of halogens is 2. The molecule has 0 aliphatic rings. The molecule has 1 N–H and O–H groups in total. The number of fused-ring (bicyclic) bond motifs is 1.